The maximum absolute atomic E-state index is 12.2. The van der Waals surface area contributed by atoms with E-state index in [1.807, 2.05) is 38.1 Å². The number of carbonyl (C=O) groups is 1. The summed E-state index contributed by atoms with van der Waals surface area (Å²) in [6.07, 6.45) is 1.17. The zero-order chi connectivity index (χ0) is 20.6. The molecule has 0 aliphatic rings. The number of nitrogens with one attached hydrogen (secondary N) is 2. The lowest BCUT2D eigenvalue weighted by Crippen LogP contribution is -2.27. The van der Waals surface area contributed by atoms with Crippen molar-refractivity contribution in [2.45, 2.75) is 38.5 Å². The molecule has 0 aliphatic heterocycles. The number of hydrogen-bond acceptors (Lipinski definition) is 4. The number of rotatable bonds is 10. The van der Waals surface area contributed by atoms with Gasteiger partial charge in [0.25, 0.3) is 0 Å². The van der Waals surface area contributed by atoms with E-state index >= 15 is 0 Å². The molecule has 0 heterocycles. The van der Waals surface area contributed by atoms with Crippen LogP contribution < -0.4 is 14.8 Å². The van der Waals surface area contributed by atoms with Gasteiger partial charge in [-0.2, -0.15) is 0 Å². The molecule has 0 saturated carbocycles. The molecule has 2 rings (SSSR count). The molecule has 2 N–H and O–H groups in total. The minimum absolute atomic E-state index is 0.171. The number of anilines is 1. The van der Waals surface area contributed by atoms with Crippen LogP contribution in [0.3, 0.4) is 0 Å². The fourth-order valence-corrected chi connectivity index (χ4v) is 3.60. The molecule has 0 atom stereocenters. The maximum Gasteiger partial charge on any atom is 0.240 e. The Morgan fingerprint density at radius 1 is 1.04 bits per heavy atom. The Morgan fingerprint density at radius 3 is 2.25 bits per heavy atom. The van der Waals surface area contributed by atoms with E-state index in [1.165, 1.54) is 17.7 Å². The lowest BCUT2D eigenvalue weighted by atomic mass is 10.2. The summed E-state index contributed by atoms with van der Waals surface area (Å²) in [4.78, 5) is 12.2. The van der Waals surface area contributed by atoms with Crippen LogP contribution in [0.2, 0.25) is 0 Å². The molecular weight excluding hydrogens is 376 g/mol. The molecule has 0 fully saturated rings. The van der Waals surface area contributed by atoms with Gasteiger partial charge < -0.3 is 10.1 Å². The molecule has 0 saturated heterocycles. The van der Waals surface area contributed by atoms with E-state index in [0.29, 0.717) is 12.2 Å². The van der Waals surface area contributed by atoms with Crippen molar-refractivity contribution in [1.29, 1.82) is 0 Å². The number of benzene rings is 2. The quantitative estimate of drug-likeness (QED) is 0.634. The first-order chi connectivity index (χ1) is 13.3. The van der Waals surface area contributed by atoms with Crippen molar-refractivity contribution in [3.8, 4) is 5.75 Å². The molecule has 152 valence electrons. The summed E-state index contributed by atoms with van der Waals surface area (Å²) in [5, 5.41) is 2.74. The van der Waals surface area contributed by atoms with Gasteiger partial charge >= 0.3 is 0 Å². The third-order valence-electron chi connectivity index (χ3n) is 4.06. The Bertz CT molecular complexity index is 860. The summed E-state index contributed by atoms with van der Waals surface area (Å²) in [5.74, 6) is 0.757. The van der Waals surface area contributed by atoms with E-state index < -0.39 is 10.0 Å². The summed E-state index contributed by atoms with van der Waals surface area (Å²) >= 11 is 0. The van der Waals surface area contributed by atoms with Crippen molar-refractivity contribution in [2.24, 2.45) is 5.92 Å². The van der Waals surface area contributed by atoms with Gasteiger partial charge in [0, 0.05) is 12.2 Å². The average molecular weight is 405 g/mol. The van der Waals surface area contributed by atoms with E-state index in [1.54, 1.807) is 12.1 Å². The third-order valence-corrected chi connectivity index (χ3v) is 5.50. The number of aryl methyl sites for hydroxylation is 1. The van der Waals surface area contributed by atoms with Crippen molar-refractivity contribution in [3.05, 3.63) is 54.1 Å². The van der Waals surface area contributed by atoms with Crippen LogP contribution in [0.5, 0.6) is 5.75 Å². The maximum atomic E-state index is 12.2. The van der Waals surface area contributed by atoms with Crippen molar-refractivity contribution in [1.82, 2.24) is 4.72 Å². The molecule has 0 aromatic heterocycles. The van der Waals surface area contributed by atoms with E-state index in [-0.39, 0.29) is 29.7 Å². The second-order valence-corrected chi connectivity index (χ2v) is 8.68. The predicted molar refractivity (Wildman–Crippen MR) is 111 cm³/mol. The Hall–Kier alpha value is -2.38. The van der Waals surface area contributed by atoms with Gasteiger partial charge in [0.1, 0.15) is 5.75 Å². The molecule has 0 bridgehead atoms. The van der Waals surface area contributed by atoms with Crippen molar-refractivity contribution in [2.75, 3.05) is 18.5 Å². The van der Waals surface area contributed by atoms with E-state index in [0.717, 1.165) is 12.2 Å². The molecule has 7 heteroatoms. The SMILES string of the molecule is CCc1ccc(OCCC(=O)Nc2ccc(S(=O)(=O)NCC(C)C)cc2)cc1. The van der Waals surface area contributed by atoms with E-state index in [4.69, 9.17) is 4.74 Å². The van der Waals surface area contributed by atoms with Crippen LogP contribution in [-0.2, 0) is 21.2 Å². The van der Waals surface area contributed by atoms with E-state index in [2.05, 4.69) is 17.0 Å². The minimum Gasteiger partial charge on any atom is -0.493 e. The standard InChI is InChI=1S/C21H28N2O4S/c1-4-17-5-9-19(10-6-17)27-14-13-21(24)23-18-7-11-20(12-8-18)28(25,26)22-15-16(2)3/h5-12,16,22H,4,13-15H2,1-3H3,(H,23,24). The van der Waals surface area contributed by atoms with Crippen molar-refractivity contribution < 1.29 is 17.9 Å². The summed E-state index contributed by atoms with van der Waals surface area (Å²) < 4.78 is 32.5. The fourth-order valence-electron chi connectivity index (χ4n) is 2.38. The van der Waals surface area contributed by atoms with Gasteiger partial charge in [-0.3, -0.25) is 4.79 Å². The van der Waals surface area contributed by atoms with E-state index in [9.17, 15) is 13.2 Å². The fraction of sp³-hybridized carbons (Fsp3) is 0.381. The van der Waals surface area contributed by atoms with Gasteiger partial charge in [-0.1, -0.05) is 32.9 Å². The number of amides is 1. The Balaban J connectivity index is 1.81. The highest BCUT2D eigenvalue weighted by atomic mass is 32.2. The summed E-state index contributed by atoms with van der Waals surface area (Å²) in [6, 6.07) is 13.9. The average Bonchev–Trinajstić information content (AvgIpc) is 2.67. The lowest BCUT2D eigenvalue weighted by Gasteiger charge is -2.10. The third kappa shape index (κ3) is 6.98. The van der Waals surface area contributed by atoms with Crippen LogP contribution in [0.15, 0.2) is 53.4 Å². The second kappa shape index (κ2) is 10.2. The number of hydrogen-bond donors (Lipinski definition) is 2. The van der Waals surface area contributed by atoms with Gasteiger partial charge in [-0.25, -0.2) is 13.1 Å². The normalized spacial score (nSPS) is 11.4. The molecule has 6 nitrogen and oxygen atoms in total. The van der Waals surface area contributed by atoms with Crippen LogP contribution in [0, 0.1) is 5.92 Å². The predicted octanol–water partition coefficient (Wildman–Crippen LogP) is 3.59. The van der Waals surface area contributed by atoms with Crippen LogP contribution in [-0.4, -0.2) is 27.5 Å². The first-order valence-corrected chi connectivity index (χ1v) is 10.9. The summed E-state index contributed by atoms with van der Waals surface area (Å²) in [6.45, 7) is 6.60. The minimum atomic E-state index is -3.53. The highest BCUT2D eigenvalue weighted by Gasteiger charge is 2.14. The number of ether oxygens (including phenoxy) is 1. The molecular formula is C21H28N2O4S. The first-order valence-electron chi connectivity index (χ1n) is 9.41. The highest BCUT2D eigenvalue weighted by molar-refractivity contribution is 7.89. The molecule has 0 spiro atoms. The lowest BCUT2D eigenvalue weighted by molar-refractivity contribution is -0.116. The Morgan fingerprint density at radius 2 is 1.68 bits per heavy atom. The largest absolute Gasteiger partial charge is 0.493 e. The number of sulfonamides is 1. The smallest absolute Gasteiger partial charge is 0.240 e. The Kier molecular flexibility index (Phi) is 8.02. The summed E-state index contributed by atoms with van der Waals surface area (Å²) in [7, 11) is -3.53. The number of carbonyl (C=O) groups excluding carboxylic acids is 1. The van der Waals surface area contributed by atoms with Crippen molar-refractivity contribution >= 4 is 21.6 Å². The monoisotopic (exact) mass is 404 g/mol. The van der Waals surface area contributed by atoms with Crippen LogP contribution in [0.4, 0.5) is 5.69 Å². The van der Waals surface area contributed by atoms with Crippen LogP contribution >= 0.6 is 0 Å². The van der Waals surface area contributed by atoms with Gasteiger partial charge in [0.2, 0.25) is 15.9 Å². The van der Waals surface area contributed by atoms with Gasteiger partial charge in [-0.05, 0) is 54.3 Å². The van der Waals surface area contributed by atoms with Gasteiger partial charge in [0.15, 0.2) is 0 Å². The first kappa shape index (κ1) is 21.9. The van der Waals surface area contributed by atoms with Crippen LogP contribution in [0.25, 0.3) is 0 Å². The zero-order valence-electron chi connectivity index (χ0n) is 16.6. The molecule has 0 unspecified atom stereocenters. The van der Waals surface area contributed by atoms with Gasteiger partial charge in [0.05, 0.1) is 17.9 Å². The molecule has 0 radical (unpaired) electrons. The molecule has 1 amide bonds. The second-order valence-electron chi connectivity index (χ2n) is 6.91. The summed E-state index contributed by atoms with van der Waals surface area (Å²) in [5.41, 5.74) is 1.77. The van der Waals surface area contributed by atoms with Crippen molar-refractivity contribution in [3.63, 3.8) is 0 Å². The van der Waals surface area contributed by atoms with Gasteiger partial charge in [-0.15, -0.1) is 0 Å². The highest BCUT2D eigenvalue weighted by Crippen LogP contribution is 2.15. The zero-order valence-corrected chi connectivity index (χ0v) is 17.4. The molecule has 2 aromatic carbocycles. The molecule has 2 aromatic rings. The molecule has 0 aliphatic carbocycles. The molecule has 28 heavy (non-hydrogen) atoms. The van der Waals surface area contributed by atoms with Crippen LogP contribution in [0.1, 0.15) is 32.8 Å². The topological polar surface area (TPSA) is 84.5 Å². The Labute approximate surface area is 167 Å².